The predicted octanol–water partition coefficient (Wildman–Crippen LogP) is 3.04. The molecule has 29 heavy (non-hydrogen) atoms. The fourth-order valence-electron chi connectivity index (χ4n) is 2.58. The van der Waals surface area contributed by atoms with E-state index in [9.17, 15) is 4.79 Å². The number of rotatable bonds is 10. The Labute approximate surface area is 172 Å². The quantitative estimate of drug-likeness (QED) is 0.325. The SMILES string of the molecule is CCNC(=NCc1ccc(C(=O)NC)cc1)Nc1cccc(OCCCOC)c1. The van der Waals surface area contributed by atoms with Crippen molar-refractivity contribution in [2.24, 2.45) is 4.99 Å². The topological polar surface area (TPSA) is 84.0 Å². The number of carbonyl (C=O) groups excluding carboxylic acids is 1. The first-order chi connectivity index (χ1) is 14.2. The lowest BCUT2D eigenvalue weighted by Crippen LogP contribution is -2.30. The van der Waals surface area contributed by atoms with Crippen LogP contribution in [0.15, 0.2) is 53.5 Å². The molecule has 2 aromatic carbocycles. The van der Waals surface area contributed by atoms with E-state index in [1.807, 2.05) is 43.3 Å². The molecule has 0 aliphatic heterocycles. The number of methoxy groups -OCH3 is 1. The lowest BCUT2D eigenvalue weighted by atomic mass is 10.1. The maximum Gasteiger partial charge on any atom is 0.251 e. The van der Waals surface area contributed by atoms with E-state index in [4.69, 9.17) is 9.47 Å². The summed E-state index contributed by atoms with van der Waals surface area (Å²) in [6, 6.07) is 15.2. The molecule has 0 aliphatic carbocycles. The minimum atomic E-state index is -0.0978. The summed E-state index contributed by atoms with van der Waals surface area (Å²) in [5.41, 5.74) is 2.54. The van der Waals surface area contributed by atoms with Crippen LogP contribution in [0.3, 0.4) is 0 Å². The minimum Gasteiger partial charge on any atom is -0.493 e. The van der Waals surface area contributed by atoms with Crippen LogP contribution in [-0.2, 0) is 11.3 Å². The van der Waals surface area contributed by atoms with Gasteiger partial charge in [0.15, 0.2) is 5.96 Å². The molecule has 0 heterocycles. The Balaban J connectivity index is 1.99. The van der Waals surface area contributed by atoms with Crippen LogP contribution < -0.4 is 20.7 Å². The van der Waals surface area contributed by atoms with Gasteiger partial charge in [0.1, 0.15) is 5.75 Å². The van der Waals surface area contributed by atoms with Crippen molar-refractivity contribution in [2.45, 2.75) is 19.9 Å². The van der Waals surface area contributed by atoms with Crippen LogP contribution in [0.4, 0.5) is 5.69 Å². The van der Waals surface area contributed by atoms with E-state index in [2.05, 4.69) is 20.9 Å². The van der Waals surface area contributed by atoms with Crippen LogP contribution in [-0.4, -0.2) is 45.8 Å². The molecule has 0 aliphatic rings. The van der Waals surface area contributed by atoms with E-state index in [0.717, 1.165) is 30.0 Å². The number of aliphatic imine (C=N–C) groups is 1. The van der Waals surface area contributed by atoms with Gasteiger partial charge in [0.25, 0.3) is 5.91 Å². The normalized spacial score (nSPS) is 11.1. The number of ether oxygens (including phenoxy) is 2. The molecule has 0 atom stereocenters. The molecule has 3 N–H and O–H groups in total. The molecule has 2 aromatic rings. The summed E-state index contributed by atoms with van der Waals surface area (Å²) >= 11 is 0. The molecule has 7 nitrogen and oxygen atoms in total. The van der Waals surface area contributed by atoms with E-state index in [1.165, 1.54) is 0 Å². The Morgan fingerprint density at radius 3 is 2.59 bits per heavy atom. The lowest BCUT2D eigenvalue weighted by molar-refractivity contribution is 0.0963. The zero-order chi connectivity index (χ0) is 20.9. The molecule has 0 saturated carbocycles. The molecule has 7 heteroatoms. The first kappa shape index (κ1) is 22.2. The van der Waals surface area contributed by atoms with E-state index < -0.39 is 0 Å². The van der Waals surface area contributed by atoms with E-state index in [-0.39, 0.29) is 5.91 Å². The number of nitrogens with one attached hydrogen (secondary N) is 3. The van der Waals surface area contributed by atoms with Crippen LogP contribution >= 0.6 is 0 Å². The summed E-state index contributed by atoms with van der Waals surface area (Å²) in [6.45, 7) is 4.55. The predicted molar refractivity (Wildman–Crippen MR) is 117 cm³/mol. The second-order valence-electron chi connectivity index (χ2n) is 6.32. The average molecular weight is 399 g/mol. The highest BCUT2D eigenvalue weighted by molar-refractivity contribution is 5.94. The van der Waals surface area contributed by atoms with Crippen LogP contribution in [0, 0.1) is 0 Å². The molecule has 0 bridgehead atoms. The third kappa shape index (κ3) is 7.83. The largest absolute Gasteiger partial charge is 0.493 e. The van der Waals surface area contributed by atoms with Crippen molar-refractivity contribution in [2.75, 3.05) is 39.2 Å². The van der Waals surface area contributed by atoms with Crippen molar-refractivity contribution in [3.8, 4) is 5.75 Å². The summed E-state index contributed by atoms with van der Waals surface area (Å²) < 4.78 is 10.8. The molecule has 2 rings (SSSR count). The van der Waals surface area contributed by atoms with Gasteiger partial charge in [-0.05, 0) is 36.8 Å². The fourth-order valence-corrected chi connectivity index (χ4v) is 2.58. The smallest absolute Gasteiger partial charge is 0.251 e. The van der Waals surface area contributed by atoms with Crippen molar-refractivity contribution >= 4 is 17.6 Å². The van der Waals surface area contributed by atoms with Gasteiger partial charge in [-0.2, -0.15) is 0 Å². The lowest BCUT2D eigenvalue weighted by Gasteiger charge is -2.13. The van der Waals surface area contributed by atoms with Crippen LogP contribution in [0.1, 0.15) is 29.3 Å². The number of carbonyl (C=O) groups is 1. The number of hydrogen-bond acceptors (Lipinski definition) is 4. The molecule has 0 saturated heterocycles. The second kappa shape index (κ2) is 12.4. The van der Waals surface area contributed by atoms with Crippen molar-refractivity contribution in [3.63, 3.8) is 0 Å². The van der Waals surface area contributed by atoms with Gasteiger partial charge in [-0.25, -0.2) is 4.99 Å². The van der Waals surface area contributed by atoms with Gasteiger partial charge in [-0.15, -0.1) is 0 Å². The first-order valence-electron chi connectivity index (χ1n) is 9.74. The molecule has 0 fully saturated rings. The number of nitrogens with zero attached hydrogens (tertiary/aromatic N) is 1. The van der Waals surface area contributed by atoms with E-state index in [1.54, 1.807) is 26.3 Å². The summed E-state index contributed by atoms with van der Waals surface area (Å²) in [6.07, 6.45) is 0.844. The van der Waals surface area contributed by atoms with Crippen LogP contribution in [0.2, 0.25) is 0 Å². The highest BCUT2D eigenvalue weighted by atomic mass is 16.5. The Bertz CT molecular complexity index is 791. The number of hydrogen-bond donors (Lipinski definition) is 3. The number of anilines is 1. The molecule has 0 spiro atoms. The molecule has 0 radical (unpaired) electrons. The molecule has 156 valence electrons. The number of amides is 1. The number of guanidine groups is 1. The van der Waals surface area contributed by atoms with Crippen molar-refractivity contribution in [1.29, 1.82) is 0 Å². The summed E-state index contributed by atoms with van der Waals surface area (Å²) in [4.78, 5) is 16.3. The third-order valence-corrected chi connectivity index (χ3v) is 4.07. The highest BCUT2D eigenvalue weighted by Crippen LogP contribution is 2.17. The fraction of sp³-hybridized carbons (Fsp3) is 0.364. The summed E-state index contributed by atoms with van der Waals surface area (Å²) in [7, 11) is 3.30. The van der Waals surface area contributed by atoms with Gasteiger partial charge in [-0.3, -0.25) is 4.79 Å². The van der Waals surface area contributed by atoms with Crippen LogP contribution in [0.5, 0.6) is 5.75 Å². The monoisotopic (exact) mass is 398 g/mol. The van der Waals surface area contributed by atoms with Crippen LogP contribution in [0.25, 0.3) is 0 Å². The number of benzene rings is 2. The van der Waals surface area contributed by atoms with Gasteiger partial charge < -0.3 is 25.4 Å². The van der Waals surface area contributed by atoms with Gasteiger partial charge >= 0.3 is 0 Å². The Kier molecular flexibility index (Phi) is 9.51. The van der Waals surface area contributed by atoms with Gasteiger partial charge in [-0.1, -0.05) is 18.2 Å². The van der Waals surface area contributed by atoms with Crippen molar-refractivity contribution < 1.29 is 14.3 Å². The molecule has 0 unspecified atom stereocenters. The maximum atomic E-state index is 11.6. The Morgan fingerprint density at radius 2 is 1.90 bits per heavy atom. The van der Waals surface area contributed by atoms with Gasteiger partial charge in [0, 0.05) is 51.0 Å². The van der Waals surface area contributed by atoms with Crippen molar-refractivity contribution in [1.82, 2.24) is 10.6 Å². The van der Waals surface area contributed by atoms with E-state index >= 15 is 0 Å². The first-order valence-corrected chi connectivity index (χ1v) is 9.74. The standard InChI is InChI=1S/C22H30N4O3/c1-4-24-22(25-16-17-9-11-18(12-10-17)21(27)23-2)26-19-7-5-8-20(15-19)29-14-6-13-28-3/h5,7-12,15H,4,6,13-14,16H2,1-3H3,(H,23,27)(H2,24,25,26). The second-order valence-corrected chi connectivity index (χ2v) is 6.32. The Morgan fingerprint density at radius 1 is 1.10 bits per heavy atom. The zero-order valence-electron chi connectivity index (χ0n) is 17.3. The zero-order valence-corrected chi connectivity index (χ0v) is 17.3. The van der Waals surface area contributed by atoms with Crippen molar-refractivity contribution in [3.05, 3.63) is 59.7 Å². The minimum absolute atomic E-state index is 0.0978. The maximum absolute atomic E-state index is 11.6. The average Bonchev–Trinajstić information content (AvgIpc) is 2.75. The van der Waals surface area contributed by atoms with Gasteiger partial charge in [0.2, 0.25) is 0 Å². The van der Waals surface area contributed by atoms with E-state index in [0.29, 0.717) is 31.3 Å². The third-order valence-electron chi connectivity index (χ3n) is 4.07. The van der Waals surface area contributed by atoms with Gasteiger partial charge in [0.05, 0.1) is 13.2 Å². The molecular weight excluding hydrogens is 368 g/mol. The molecular formula is C22H30N4O3. The Hall–Kier alpha value is -3.06. The summed E-state index contributed by atoms with van der Waals surface area (Å²) in [5.74, 6) is 1.38. The molecule has 0 aromatic heterocycles. The molecule has 1 amide bonds. The summed E-state index contributed by atoms with van der Waals surface area (Å²) in [5, 5.41) is 9.15. The highest BCUT2D eigenvalue weighted by Gasteiger charge is 2.04.